The van der Waals surface area contributed by atoms with E-state index in [0.717, 1.165) is 38.0 Å². The highest BCUT2D eigenvalue weighted by Gasteiger charge is 2.27. The molecule has 1 atom stereocenters. The molecule has 0 aromatic rings. The normalized spacial score (nSPS) is 32.2. The first-order valence-electron chi connectivity index (χ1n) is 4.74. The Bertz CT molecular complexity index is 201. The van der Waals surface area contributed by atoms with E-state index < -0.39 is 5.60 Å². The van der Waals surface area contributed by atoms with Crippen molar-refractivity contribution in [1.82, 2.24) is 4.90 Å². The third-order valence-corrected chi connectivity index (χ3v) is 2.79. The van der Waals surface area contributed by atoms with Crippen molar-refractivity contribution in [3.63, 3.8) is 0 Å². The summed E-state index contributed by atoms with van der Waals surface area (Å²) in [4.78, 5) is 2.25. The lowest BCUT2D eigenvalue weighted by molar-refractivity contribution is -0.0124. The van der Waals surface area contributed by atoms with E-state index in [4.69, 9.17) is 11.6 Å². The number of halogens is 1. The fourth-order valence-corrected chi connectivity index (χ4v) is 1.91. The average Bonchev–Trinajstić information content (AvgIpc) is 2.02. The van der Waals surface area contributed by atoms with Gasteiger partial charge in [0.15, 0.2) is 0 Å². The van der Waals surface area contributed by atoms with Crippen molar-refractivity contribution in [2.75, 3.05) is 19.6 Å². The van der Waals surface area contributed by atoms with Crippen molar-refractivity contribution in [3.8, 4) is 0 Å². The molecule has 1 fully saturated rings. The first kappa shape index (κ1) is 11.0. The van der Waals surface area contributed by atoms with Gasteiger partial charge in [-0.05, 0) is 38.8 Å². The van der Waals surface area contributed by atoms with E-state index in [1.807, 2.05) is 13.8 Å². The van der Waals surface area contributed by atoms with Gasteiger partial charge in [0.05, 0.1) is 5.60 Å². The van der Waals surface area contributed by atoms with Crippen LogP contribution in [0.1, 0.15) is 26.7 Å². The minimum atomic E-state index is -0.509. The molecule has 1 unspecified atom stereocenters. The Hall–Kier alpha value is -0.0500. The Morgan fingerprint density at radius 3 is 2.92 bits per heavy atom. The molecule has 0 aromatic carbocycles. The van der Waals surface area contributed by atoms with Crippen LogP contribution < -0.4 is 0 Å². The highest BCUT2D eigenvalue weighted by atomic mass is 35.5. The fourth-order valence-electron chi connectivity index (χ4n) is 1.85. The van der Waals surface area contributed by atoms with E-state index in [-0.39, 0.29) is 0 Å². The second-order valence-electron chi connectivity index (χ2n) is 4.27. The maximum atomic E-state index is 9.84. The molecule has 1 rings (SSSR count). The summed E-state index contributed by atoms with van der Waals surface area (Å²) in [7, 11) is 0. The van der Waals surface area contributed by atoms with Gasteiger partial charge in [0, 0.05) is 18.6 Å². The van der Waals surface area contributed by atoms with Crippen molar-refractivity contribution in [2.24, 2.45) is 0 Å². The van der Waals surface area contributed by atoms with E-state index in [1.165, 1.54) is 0 Å². The fraction of sp³-hybridized carbons (Fsp3) is 0.800. The van der Waals surface area contributed by atoms with Gasteiger partial charge >= 0.3 is 0 Å². The van der Waals surface area contributed by atoms with Gasteiger partial charge in [-0.3, -0.25) is 4.90 Å². The molecule has 2 nitrogen and oxygen atoms in total. The van der Waals surface area contributed by atoms with Crippen LogP contribution in [-0.2, 0) is 0 Å². The lowest BCUT2D eigenvalue weighted by Crippen LogP contribution is -2.46. The molecule has 0 spiro atoms. The molecular weight excluding hydrogens is 186 g/mol. The van der Waals surface area contributed by atoms with E-state index >= 15 is 0 Å². The summed E-state index contributed by atoms with van der Waals surface area (Å²) >= 11 is 5.59. The van der Waals surface area contributed by atoms with Gasteiger partial charge in [-0.15, -0.1) is 0 Å². The summed E-state index contributed by atoms with van der Waals surface area (Å²) in [5.74, 6) is 0. The molecule has 0 aliphatic carbocycles. The number of aliphatic hydroxyl groups is 1. The van der Waals surface area contributed by atoms with Crippen LogP contribution in [0.3, 0.4) is 0 Å². The van der Waals surface area contributed by atoms with Gasteiger partial charge < -0.3 is 5.11 Å². The SMILES string of the molecule is CC(=CCl)CN1CCCC(C)(O)C1. The predicted molar refractivity (Wildman–Crippen MR) is 55.9 cm³/mol. The maximum Gasteiger partial charge on any atom is 0.0746 e. The minimum Gasteiger partial charge on any atom is -0.389 e. The summed E-state index contributed by atoms with van der Waals surface area (Å²) in [6, 6.07) is 0. The zero-order valence-corrected chi connectivity index (χ0v) is 9.14. The van der Waals surface area contributed by atoms with Crippen molar-refractivity contribution in [1.29, 1.82) is 0 Å². The first-order chi connectivity index (χ1) is 6.03. The number of likely N-dealkylation sites (tertiary alicyclic amines) is 1. The molecular formula is C10H18ClNO. The smallest absolute Gasteiger partial charge is 0.0746 e. The Morgan fingerprint density at radius 1 is 1.69 bits per heavy atom. The summed E-state index contributed by atoms with van der Waals surface area (Å²) < 4.78 is 0. The summed E-state index contributed by atoms with van der Waals surface area (Å²) in [6.07, 6.45) is 1.98. The number of hydrogen-bond acceptors (Lipinski definition) is 2. The van der Waals surface area contributed by atoms with Crippen LogP contribution in [0, 0.1) is 0 Å². The quantitative estimate of drug-likeness (QED) is 0.742. The van der Waals surface area contributed by atoms with E-state index in [1.54, 1.807) is 5.54 Å². The minimum absolute atomic E-state index is 0.509. The monoisotopic (exact) mass is 203 g/mol. The topological polar surface area (TPSA) is 23.5 Å². The molecule has 0 radical (unpaired) electrons. The number of hydrogen-bond donors (Lipinski definition) is 1. The number of piperidine rings is 1. The van der Waals surface area contributed by atoms with Crippen LogP contribution >= 0.6 is 11.6 Å². The van der Waals surface area contributed by atoms with Crippen LogP contribution in [0.15, 0.2) is 11.1 Å². The van der Waals surface area contributed by atoms with E-state index in [2.05, 4.69) is 4.90 Å². The molecule has 0 saturated carbocycles. The molecule has 3 heteroatoms. The van der Waals surface area contributed by atoms with Gasteiger partial charge in [0.25, 0.3) is 0 Å². The van der Waals surface area contributed by atoms with E-state index in [0.29, 0.717) is 0 Å². The molecule has 0 bridgehead atoms. The molecule has 1 aliphatic heterocycles. The third kappa shape index (κ3) is 3.67. The van der Waals surface area contributed by atoms with Crippen LogP contribution in [0.25, 0.3) is 0 Å². The van der Waals surface area contributed by atoms with Gasteiger partial charge in [-0.2, -0.15) is 0 Å². The second-order valence-corrected chi connectivity index (χ2v) is 4.48. The third-order valence-electron chi connectivity index (χ3n) is 2.41. The zero-order chi connectivity index (χ0) is 9.90. The molecule has 1 aliphatic rings. The molecule has 1 N–H and O–H groups in total. The predicted octanol–water partition coefficient (Wildman–Crippen LogP) is 1.98. The van der Waals surface area contributed by atoms with Crippen LogP contribution in [0.2, 0.25) is 0 Å². The summed E-state index contributed by atoms with van der Waals surface area (Å²) in [6.45, 7) is 6.61. The second kappa shape index (κ2) is 4.45. The molecule has 13 heavy (non-hydrogen) atoms. The van der Waals surface area contributed by atoms with Gasteiger partial charge in [-0.1, -0.05) is 11.6 Å². The first-order valence-corrected chi connectivity index (χ1v) is 5.18. The molecule has 0 aromatic heterocycles. The zero-order valence-electron chi connectivity index (χ0n) is 8.39. The van der Waals surface area contributed by atoms with E-state index in [9.17, 15) is 5.11 Å². The summed E-state index contributed by atoms with van der Waals surface area (Å²) in [5.41, 5.74) is 2.26. The molecule has 1 heterocycles. The van der Waals surface area contributed by atoms with Gasteiger partial charge in [0.1, 0.15) is 0 Å². The van der Waals surface area contributed by atoms with Crippen molar-refractivity contribution in [3.05, 3.63) is 11.1 Å². The highest BCUT2D eigenvalue weighted by molar-refractivity contribution is 6.25. The Morgan fingerprint density at radius 2 is 2.38 bits per heavy atom. The van der Waals surface area contributed by atoms with Crippen LogP contribution in [0.4, 0.5) is 0 Å². The lowest BCUT2D eigenvalue weighted by Gasteiger charge is -2.36. The van der Waals surface area contributed by atoms with Crippen molar-refractivity contribution < 1.29 is 5.11 Å². The van der Waals surface area contributed by atoms with Gasteiger partial charge in [-0.25, -0.2) is 0 Å². The molecule has 76 valence electrons. The summed E-state index contributed by atoms with van der Waals surface area (Å²) in [5, 5.41) is 9.84. The maximum absolute atomic E-state index is 9.84. The van der Waals surface area contributed by atoms with Crippen LogP contribution in [0.5, 0.6) is 0 Å². The molecule has 0 amide bonds. The lowest BCUT2D eigenvalue weighted by atomic mass is 9.95. The Labute approximate surface area is 85.2 Å². The average molecular weight is 204 g/mol. The van der Waals surface area contributed by atoms with Crippen molar-refractivity contribution >= 4 is 11.6 Å². The highest BCUT2D eigenvalue weighted by Crippen LogP contribution is 2.20. The standard InChI is InChI=1S/C10H18ClNO/c1-9(6-11)7-12-5-3-4-10(2,13)8-12/h6,13H,3-5,7-8H2,1-2H3. The van der Waals surface area contributed by atoms with Crippen molar-refractivity contribution in [2.45, 2.75) is 32.3 Å². The number of nitrogens with zero attached hydrogens (tertiary/aromatic N) is 1. The Kier molecular flexibility index (Phi) is 3.77. The Balaban J connectivity index is 2.43. The van der Waals surface area contributed by atoms with Crippen LogP contribution in [-0.4, -0.2) is 35.2 Å². The molecule has 1 saturated heterocycles. The number of rotatable bonds is 2. The van der Waals surface area contributed by atoms with Gasteiger partial charge in [0.2, 0.25) is 0 Å². The largest absolute Gasteiger partial charge is 0.389 e. The number of β-amino-alcohol motifs (C(OH)–C–C–N with tert-alkyl or cyclic N) is 1.